The SMILES string of the molecule is O=C(Nc1cccc(C2CCCN(c3ncnc4[nH]ccc34)C2)c1)Nc1ccccc1OC(F)F. The molecule has 0 saturated carbocycles. The number of hydrogen-bond donors (Lipinski definition) is 3. The van der Waals surface area contributed by atoms with Gasteiger partial charge in [0.15, 0.2) is 0 Å². The maximum Gasteiger partial charge on any atom is 0.387 e. The fraction of sp³-hybridized carbons (Fsp3) is 0.240. The Labute approximate surface area is 200 Å². The van der Waals surface area contributed by atoms with Crippen LogP contribution in [0.1, 0.15) is 24.3 Å². The molecular weight excluding hydrogens is 454 g/mol. The molecule has 0 radical (unpaired) electrons. The molecule has 2 amide bonds. The maximum atomic E-state index is 12.6. The Hall–Kier alpha value is -4.21. The number of nitrogens with zero attached hydrogens (tertiary/aromatic N) is 3. The van der Waals surface area contributed by atoms with E-state index in [4.69, 9.17) is 0 Å². The van der Waals surface area contributed by atoms with Crippen LogP contribution in [0.2, 0.25) is 0 Å². The Morgan fingerprint density at radius 3 is 2.89 bits per heavy atom. The summed E-state index contributed by atoms with van der Waals surface area (Å²) in [7, 11) is 0. The Morgan fingerprint density at radius 1 is 1.11 bits per heavy atom. The van der Waals surface area contributed by atoms with Crippen LogP contribution >= 0.6 is 0 Å². The summed E-state index contributed by atoms with van der Waals surface area (Å²) in [6.45, 7) is -1.28. The number of benzene rings is 2. The van der Waals surface area contributed by atoms with Crippen LogP contribution in [0.4, 0.5) is 30.8 Å². The summed E-state index contributed by atoms with van der Waals surface area (Å²) in [6, 6.07) is 15.2. The third-order valence-corrected chi connectivity index (χ3v) is 6.02. The first-order valence-electron chi connectivity index (χ1n) is 11.3. The molecule has 3 heterocycles. The number of para-hydroxylation sites is 2. The highest BCUT2D eigenvalue weighted by atomic mass is 19.3. The molecule has 180 valence electrons. The van der Waals surface area contributed by atoms with Crippen LogP contribution in [0.3, 0.4) is 0 Å². The highest BCUT2D eigenvalue weighted by Gasteiger charge is 2.24. The molecule has 1 saturated heterocycles. The number of urea groups is 1. The minimum absolute atomic E-state index is 0.102. The van der Waals surface area contributed by atoms with Gasteiger partial charge in [-0.05, 0) is 48.7 Å². The zero-order chi connectivity index (χ0) is 24.2. The summed E-state index contributed by atoms with van der Waals surface area (Å²) in [5.41, 5.74) is 2.69. The number of ether oxygens (including phenoxy) is 1. The number of aromatic nitrogens is 3. The summed E-state index contributed by atoms with van der Waals surface area (Å²) in [4.78, 5) is 26.8. The second-order valence-corrected chi connectivity index (χ2v) is 8.30. The lowest BCUT2D eigenvalue weighted by molar-refractivity contribution is -0.0493. The number of amides is 2. The van der Waals surface area contributed by atoms with E-state index in [2.05, 4.69) is 41.3 Å². The number of carbonyl (C=O) groups is 1. The minimum Gasteiger partial charge on any atom is -0.433 e. The molecule has 1 aliphatic rings. The van der Waals surface area contributed by atoms with Gasteiger partial charge in [-0.25, -0.2) is 14.8 Å². The third kappa shape index (κ3) is 5.16. The molecule has 8 nitrogen and oxygen atoms in total. The molecule has 3 N–H and O–H groups in total. The Bertz CT molecular complexity index is 1330. The zero-order valence-electron chi connectivity index (χ0n) is 18.7. The minimum atomic E-state index is -2.98. The molecule has 2 aromatic carbocycles. The van der Waals surface area contributed by atoms with E-state index in [1.807, 2.05) is 24.4 Å². The van der Waals surface area contributed by atoms with Gasteiger partial charge in [0.1, 0.15) is 23.5 Å². The van der Waals surface area contributed by atoms with Crippen LogP contribution in [0, 0.1) is 0 Å². The van der Waals surface area contributed by atoms with E-state index in [0.29, 0.717) is 5.69 Å². The molecule has 35 heavy (non-hydrogen) atoms. The molecule has 10 heteroatoms. The van der Waals surface area contributed by atoms with Gasteiger partial charge in [0.05, 0.1) is 11.1 Å². The first kappa shape index (κ1) is 22.6. The summed E-state index contributed by atoms with van der Waals surface area (Å²) in [5, 5.41) is 6.35. The van der Waals surface area contributed by atoms with Gasteiger partial charge in [0, 0.05) is 30.9 Å². The largest absolute Gasteiger partial charge is 0.433 e. The fourth-order valence-corrected chi connectivity index (χ4v) is 4.48. The lowest BCUT2D eigenvalue weighted by Crippen LogP contribution is -2.35. The number of rotatable bonds is 6. The van der Waals surface area contributed by atoms with E-state index in [-0.39, 0.29) is 17.4 Å². The quantitative estimate of drug-likeness (QED) is 0.336. The number of aromatic amines is 1. The molecule has 1 unspecified atom stereocenters. The van der Waals surface area contributed by atoms with E-state index in [9.17, 15) is 13.6 Å². The van der Waals surface area contributed by atoms with Crippen LogP contribution in [0.25, 0.3) is 11.0 Å². The van der Waals surface area contributed by atoms with Gasteiger partial charge < -0.3 is 25.3 Å². The monoisotopic (exact) mass is 478 g/mol. The second kappa shape index (κ2) is 9.96. The van der Waals surface area contributed by atoms with E-state index in [0.717, 1.165) is 48.3 Å². The predicted octanol–water partition coefficient (Wildman–Crippen LogP) is 5.59. The average molecular weight is 479 g/mol. The van der Waals surface area contributed by atoms with Gasteiger partial charge >= 0.3 is 12.6 Å². The van der Waals surface area contributed by atoms with Gasteiger partial charge in [-0.15, -0.1) is 0 Å². The number of hydrogen-bond acceptors (Lipinski definition) is 5. The predicted molar refractivity (Wildman–Crippen MR) is 130 cm³/mol. The molecule has 4 aromatic rings. The van der Waals surface area contributed by atoms with Crippen molar-refractivity contribution in [1.82, 2.24) is 15.0 Å². The Morgan fingerprint density at radius 2 is 2.00 bits per heavy atom. The smallest absolute Gasteiger partial charge is 0.387 e. The van der Waals surface area contributed by atoms with E-state index >= 15 is 0 Å². The van der Waals surface area contributed by atoms with E-state index in [1.54, 1.807) is 24.5 Å². The molecule has 0 spiro atoms. The fourth-order valence-electron chi connectivity index (χ4n) is 4.48. The van der Waals surface area contributed by atoms with E-state index in [1.165, 1.54) is 12.1 Å². The van der Waals surface area contributed by atoms with Gasteiger partial charge in [0.2, 0.25) is 0 Å². The van der Waals surface area contributed by atoms with Crippen molar-refractivity contribution in [2.75, 3.05) is 28.6 Å². The van der Waals surface area contributed by atoms with Crippen molar-refractivity contribution in [1.29, 1.82) is 0 Å². The number of halogens is 2. The van der Waals surface area contributed by atoms with Crippen LogP contribution in [0.5, 0.6) is 5.75 Å². The van der Waals surface area contributed by atoms with Crippen molar-refractivity contribution < 1.29 is 18.3 Å². The highest BCUT2D eigenvalue weighted by molar-refractivity contribution is 6.00. The van der Waals surface area contributed by atoms with Gasteiger partial charge in [-0.1, -0.05) is 24.3 Å². The molecule has 1 fully saturated rings. The number of carbonyl (C=O) groups excluding carboxylic acids is 1. The first-order chi connectivity index (χ1) is 17.1. The Balaban J connectivity index is 1.28. The van der Waals surface area contributed by atoms with Crippen molar-refractivity contribution in [3.8, 4) is 5.75 Å². The van der Waals surface area contributed by atoms with Crippen molar-refractivity contribution in [2.24, 2.45) is 0 Å². The number of H-pyrrole nitrogens is 1. The second-order valence-electron chi connectivity index (χ2n) is 8.30. The maximum absolute atomic E-state index is 12.6. The molecule has 1 atom stereocenters. The van der Waals surface area contributed by atoms with Gasteiger partial charge in [0.25, 0.3) is 0 Å². The summed E-state index contributed by atoms with van der Waals surface area (Å²) >= 11 is 0. The molecular formula is C25H24F2N6O2. The number of piperidine rings is 1. The van der Waals surface area contributed by atoms with Gasteiger partial charge in [-0.2, -0.15) is 8.78 Å². The standard InChI is InChI=1S/C25H24F2N6O2/c26-24(27)35-21-9-2-1-8-20(21)32-25(34)31-18-7-3-5-16(13-18)17-6-4-12-33(14-17)23-19-10-11-28-22(19)29-15-30-23/h1-3,5,7-11,13,15,17,24H,4,6,12,14H2,(H,28,29,30)(H2,31,32,34). The topological polar surface area (TPSA) is 95.2 Å². The third-order valence-electron chi connectivity index (χ3n) is 6.02. The van der Waals surface area contributed by atoms with Crippen LogP contribution in [-0.2, 0) is 0 Å². The average Bonchev–Trinajstić information content (AvgIpc) is 3.34. The highest BCUT2D eigenvalue weighted by Crippen LogP contribution is 2.33. The molecule has 1 aliphatic heterocycles. The van der Waals surface area contributed by atoms with Crippen molar-refractivity contribution in [3.05, 3.63) is 72.7 Å². The molecule has 0 bridgehead atoms. The first-order valence-corrected chi connectivity index (χ1v) is 11.3. The van der Waals surface area contributed by atoms with Crippen LogP contribution in [0.15, 0.2) is 67.1 Å². The van der Waals surface area contributed by atoms with Crippen LogP contribution in [-0.4, -0.2) is 40.7 Å². The normalized spacial score (nSPS) is 15.9. The summed E-state index contributed by atoms with van der Waals surface area (Å²) in [5.74, 6) is 1.08. The molecule has 2 aromatic heterocycles. The lowest BCUT2D eigenvalue weighted by atomic mass is 9.90. The summed E-state index contributed by atoms with van der Waals surface area (Å²) < 4.78 is 29.8. The van der Waals surface area contributed by atoms with Gasteiger partial charge in [-0.3, -0.25) is 0 Å². The molecule has 0 aliphatic carbocycles. The number of fused-ring (bicyclic) bond motifs is 1. The number of anilines is 3. The lowest BCUT2D eigenvalue weighted by Gasteiger charge is -2.34. The summed E-state index contributed by atoms with van der Waals surface area (Å²) in [6.07, 6.45) is 5.47. The van der Waals surface area contributed by atoms with Crippen molar-refractivity contribution >= 4 is 34.3 Å². The number of alkyl halides is 2. The number of nitrogens with one attached hydrogen (secondary N) is 3. The van der Waals surface area contributed by atoms with Crippen molar-refractivity contribution in [2.45, 2.75) is 25.4 Å². The Kier molecular flexibility index (Phi) is 6.42. The molecule has 5 rings (SSSR count). The van der Waals surface area contributed by atoms with Crippen molar-refractivity contribution in [3.63, 3.8) is 0 Å². The van der Waals surface area contributed by atoms with E-state index < -0.39 is 12.6 Å². The zero-order valence-corrected chi connectivity index (χ0v) is 18.7. The van der Waals surface area contributed by atoms with Crippen LogP contribution < -0.4 is 20.3 Å².